The minimum Gasteiger partial charge on any atom is -0.481 e. The molecule has 1 aromatic rings. The van der Waals surface area contributed by atoms with Gasteiger partial charge in [0, 0.05) is 18.3 Å². The average molecular weight is 320 g/mol. The molecule has 0 aromatic heterocycles. The summed E-state index contributed by atoms with van der Waals surface area (Å²) in [5.41, 5.74) is 2.53. The van der Waals surface area contributed by atoms with Crippen molar-refractivity contribution >= 4 is 17.7 Å². The minimum atomic E-state index is -0.798. The molecule has 1 atom stereocenters. The maximum Gasteiger partial charge on any atom is 0.412 e. The average Bonchev–Trinajstić information content (AvgIpc) is 2.78. The lowest BCUT2D eigenvalue weighted by Gasteiger charge is -2.20. The summed E-state index contributed by atoms with van der Waals surface area (Å²) in [6.07, 6.45) is 1.49. The highest BCUT2D eigenvalue weighted by Gasteiger charge is 2.23. The van der Waals surface area contributed by atoms with Crippen LogP contribution < -0.4 is 10.6 Å². The predicted molar refractivity (Wildman–Crippen MR) is 87.6 cm³/mol. The van der Waals surface area contributed by atoms with Crippen molar-refractivity contribution < 1.29 is 19.4 Å². The lowest BCUT2D eigenvalue weighted by Crippen LogP contribution is -2.27. The van der Waals surface area contributed by atoms with Crippen LogP contribution in [0.3, 0.4) is 0 Å². The van der Waals surface area contributed by atoms with Crippen LogP contribution in [0.5, 0.6) is 0 Å². The number of ether oxygens (including phenoxy) is 1. The highest BCUT2D eigenvalue weighted by molar-refractivity contribution is 5.85. The molecule has 0 spiro atoms. The number of carboxylic acids is 1. The van der Waals surface area contributed by atoms with Crippen molar-refractivity contribution in [3.8, 4) is 0 Å². The van der Waals surface area contributed by atoms with Gasteiger partial charge in [0.2, 0.25) is 0 Å². The van der Waals surface area contributed by atoms with Gasteiger partial charge in [0.05, 0.1) is 6.42 Å². The third kappa shape index (κ3) is 5.25. The van der Waals surface area contributed by atoms with Crippen molar-refractivity contribution in [3.63, 3.8) is 0 Å². The second-order valence-electron chi connectivity index (χ2n) is 6.73. The van der Waals surface area contributed by atoms with E-state index in [0.717, 1.165) is 12.8 Å². The van der Waals surface area contributed by atoms with E-state index in [9.17, 15) is 9.59 Å². The topological polar surface area (TPSA) is 87.7 Å². The number of hydrogen-bond acceptors (Lipinski definition) is 4. The van der Waals surface area contributed by atoms with Crippen molar-refractivity contribution in [2.45, 2.75) is 51.7 Å². The van der Waals surface area contributed by atoms with E-state index >= 15 is 0 Å². The number of carbonyl (C=O) groups is 2. The van der Waals surface area contributed by atoms with Gasteiger partial charge in [-0.2, -0.15) is 0 Å². The molecular weight excluding hydrogens is 296 g/mol. The van der Waals surface area contributed by atoms with Crippen molar-refractivity contribution in [2.24, 2.45) is 0 Å². The molecule has 2 rings (SSSR count). The molecule has 0 saturated heterocycles. The number of carboxylic acid groups (broad SMARTS) is 1. The van der Waals surface area contributed by atoms with E-state index in [-0.39, 0.29) is 12.5 Å². The van der Waals surface area contributed by atoms with Gasteiger partial charge in [-0.3, -0.25) is 10.1 Å². The summed E-state index contributed by atoms with van der Waals surface area (Å²) in [5, 5.41) is 14.7. The summed E-state index contributed by atoms with van der Waals surface area (Å²) in [6, 6.07) is 5.96. The van der Waals surface area contributed by atoms with Crippen LogP contribution in [0.1, 0.15) is 50.8 Å². The minimum absolute atomic E-state index is 0.115. The first kappa shape index (κ1) is 17.3. The van der Waals surface area contributed by atoms with Crippen LogP contribution in [-0.4, -0.2) is 29.3 Å². The molecule has 23 heavy (non-hydrogen) atoms. The Morgan fingerprint density at radius 2 is 2.09 bits per heavy atom. The number of hydrogen-bond donors (Lipinski definition) is 3. The van der Waals surface area contributed by atoms with E-state index in [1.54, 1.807) is 0 Å². The lowest BCUT2D eigenvalue weighted by molar-refractivity contribution is -0.136. The Morgan fingerprint density at radius 3 is 2.74 bits per heavy atom. The zero-order chi connectivity index (χ0) is 17.0. The van der Waals surface area contributed by atoms with Gasteiger partial charge in [0.15, 0.2) is 0 Å². The van der Waals surface area contributed by atoms with E-state index in [2.05, 4.69) is 10.6 Å². The van der Waals surface area contributed by atoms with E-state index in [4.69, 9.17) is 9.84 Å². The molecular formula is C17H24N2O4. The van der Waals surface area contributed by atoms with Crippen LogP contribution in [0, 0.1) is 0 Å². The summed E-state index contributed by atoms with van der Waals surface area (Å²) in [6.45, 7) is 5.92. The van der Waals surface area contributed by atoms with Gasteiger partial charge in [0.25, 0.3) is 0 Å². The van der Waals surface area contributed by atoms with Gasteiger partial charge in [0.1, 0.15) is 5.60 Å². The first-order valence-electron chi connectivity index (χ1n) is 7.82. The standard InChI is InChI=1S/C17H24N2O4/c1-17(2,3)23-16(22)19-12-5-6-13-11(10-12)4-7-14(13)18-9-8-15(20)21/h5-6,10,14,18H,4,7-9H2,1-3H3,(H,19,22)(H,20,21). The van der Waals surface area contributed by atoms with Crippen LogP contribution in [0.15, 0.2) is 18.2 Å². The molecule has 0 bridgehead atoms. The fourth-order valence-electron chi connectivity index (χ4n) is 2.68. The van der Waals surface area contributed by atoms with E-state index in [1.807, 2.05) is 39.0 Å². The Hall–Kier alpha value is -2.08. The normalized spacial score (nSPS) is 16.7. The molecule has 1 aliphatic rings. The lowest BCUT2D eigenvalue weighted by atomic mass is 10.1. The van der Waals surface area contributed by atoms with Crippen LogP contribution in [-0.2, 0) is 16.0 Å². The van der Waals surface area contributed by atoms with Crippen LogP contribution in [0.2, 0.25) is 0 Å². The number of fused-ring (bicyclic) bond motifs is 1. The molecule has 0 fully saturated rings. The smallest absolute Gasteiger partial charge is 0.412 e. The molecule has 0 radical (unpaired) electrons. The highest BCUT2D eigenvalue weighted by atomic mass is 16.6. The molecule has 1 aliphatic carbocycles. The van der Waals surface area contributed by atoms with Gasteiger partial charge >= 0.3 is 12.1 Å². The third-order valence-electron chi connectivity index (χ3n) is 3.60. The SMILES string of the molecule is CC(C)(C)OC(=O)Nc1ccc2c(c1)CCC2NCCC(=O)O. The summed E-state index contributed by atoms with van der Waals surface area (Å²) >= 11 is 0. The maximum atomic E-state index is 11.8. The predicted octanol–water partition coefficient (Wildman–Crippen LogP) is 3.09. The largest absolute Gasteiger partial charge is 0.481 e. The summed E-state index contributed by atoms with van der Waals surface area (Å²) in [7, 11) is 0. The van der Waals surface area contributed by atoms with Crippen molar-refractivity contribution in [1.29, 1.82) is 0 Å². The Kier molecular flexibility index (Phi) is 5.26. The highest BCUT2D eigenvalue weighted by Crippen LogP contribution is 2.33. The number of aryl methyl sites for hydroxylation is 1. The zero-order valence-electron chi connectivity index (χ0n) is 13.8. The van der Waals surface area contributed by atoms with Gasteiger partial charge in [-0.25, -0.2) is 4.79 Å². The number of benzene rings is 1. The number of anilines is 1. The Labute approximate surface area is 136 Å². The fraction of sp³-hybridized carbons (Fsp3) is 0.529. The second-order valence-corrected chi connectivity index (χ2v) is 6.73. The van der Waals surface area contributed by atoms with Gasteiger partial charge < -0.3 is 15.2 Å². The van der Waals surface area contributed by atoms with Crippen LogP contribution >= 0.6 is 0 Å². The van der Waals surface area contributed by atoms with Crippen molar-refractivity contribution in [3.05, 3.63) is 29.3 Å². The Morgan fingerprint density at radius 1 is 1.35 bits per heavy atom. The molecule has 126 valence electrons. The monoisotopic (exact) mass is 320 g/mol. The van der Waals surface area contributed by atoms with E-state index in [1.165, 1.54) is 11.1 Å². The third-order valence-corrected chi connectivity index (χ3v) is 3.60. The summed E-state index contributed by atoms with van der Waals surface area (Å²) < 4.78 is 5.24. The molecule has 6 nitrogen and oxygen atoms in total. The van der Waals surface area contributed by atoms with Crippen molar-refractivity contribution in [2.75, 3.05) is 11.9 Å². The number of carbonyl (C=O) groups excluding carboxylic acids is 1. The van der Waals surface area contributed by atoms with Crippen molar-refractivity contribution in [1.82, 2.24) is 5.32 Å². The molecule has 0 saturated carbocycles. The van der Waals surface area contributed by atoms with Gasteiger partial charge in [-0.15, -0.1) is 0 Å². The summed E-state index contributed by atoms with van der Waals surface area (Å²) in [5.74, 6) is -0.798. The molecule has 3 N–H and O–H groups in total. The Bertz CT molecular complexity index is 593. The van der Waals surface area contributed by atoms with Crippen LogP contribution in [0.25, 0.3) is 0 Å². The first-order valence-corrected chi connectivity index (χ1v) is 7.82. The summed E-state index contributed by atoms with van der Waals surface area (Å²) in [4.78, 5) is 22.4. The Balaban J connectivity index is 1.96. The molecule has 6 heteroatoms. The quantitative estimate of drug-likeness (QED) is 0.776. The number of rotatable bonds is 5. The molecule has 1 aromatic carbocycles. The zero-order valence-corrected chi connectivity index (χ0v) is 13.8. The van der Waals surface area contributed by atoms with Gasteiger partial charge in [-0.05, 0) is 56.9 Å². The molecule has 0 heterocycles. The molecule has 0 aliphatic heterocycles. The van der Waals surface area contributed by atoms with E-state index < -0.39 is 17.7 Å². The first-order chi connectivity index (χ1) is 10.7. The number of nitrogens with one attached hydrogen (secondary N) is 2. The van der Waals surface area contributed by atoms with E-state index in [0.29, 0.717) is 12.2 Å². The molecule has 1 unspecified atom stereocenters. The fourth-order valence-corrected chi connectivity index (χ4v) is 2.68. The second kappa shape index (κ2) is 7.00. The maximum absolute atomic E-state index is 11.8. The number of aliphatic carboxylic acids is 1. The molecule has 1 amide bonds. The van der Waals surface area contributed by atoms with Crippen LogP contribution in [0.4, 0.5) is 10.5 Å². The van der Waals surface area contributed by atoms with Gasteiger partial charge in [-0.1, -0.05) is 6.07 Å². The number of amides is 1.